The van der Waals surface area contributed by atoms with Crippen LogP contribution >= 0.6 is 0 Å². The molecule has 1 heterocycles. The molecular formula is C6H10O3. The van der Waals surface area contributed by atoms with Crippen LogP contribution in [0, 0.1) is 0 Å². The lowest BCUT2D eigenvalue weighted by atomic mass is 10.2. The van der Waals surface area contributed by atoms with Crippen molar-refractivity contribution in [3.63, 3.8) is 0 Å². The van der Waals surface area contributed by atoms with E-state index in [1.54, 1.807) is 6.92 Å². The molecule has 0 aliphatic carbocycles. The van der Waals surface area contributed by atoms with Crippen molar-refractivity contribution in [2.45, 2.75) is 32.0 Å². The number of aliphatic hydroxyl groups is 1. The highest BCUT2D eigenvalue weighted by atomic mass is 16.6. The van der Waals surface area contributed by atoms with Gasteiger partial charge in [0.15, 0.2) is 0 Å². The molecule has 52 valence electrons. The first-order valence-electron chi connectivity index (χ1n) is 3.07. The molecular weight excluding hydrogens is 120 g/mol. The van der Waals surface area contributed by atoms with E-state index < -0.39 is 6.10 Å². The van der Waals surface area contributed by atoms with Crippen LogP contribution in [0.4, 0.5) is 0 Å². The maximum atomic E-state index is 10.4. The molecule has 0 aromatic heterocycles. The summed E-state index contributed by atoms with van der Waals surface area (Å²) in [7, 11) is 0. The quantitative estimate of drug-likeness (QED) is 0.511. The van der Waals surface area contributed by atoms with E-state index in [0.29, 0.717) is 12.8 Å². The highest BCUT2D eigenvalue weighted by Crippen LogP contribution is 2.16. The number of hydrogen-bond donors (Lipinski definition) is 1. The van der Waals surface area contributed by atoms with Gasteiger partial charge in [0.1, 0.15) is 6.10 Å². The fourth-order valence-corrected chi connectivity index (χ4v) is 0.886. The van der Waals surface area contributed by atoms with E-state index in [2.05, 4.69) is 0 Å². The van der Waals surface area contributed by atoms with Gasteiger partial charge in [-0.05, 0) is 13.3 Å². The number of carbonyl (C=O) groups is 1. The second-order valence-corrected chi connectivity index (χ2v) is 2.31. The number of rotatable bonds is 1. The van der Waals surface area contributed by atoms with Gasteiger partial charge < -0.3 is 9.84 Å². The lowest BCUT2D eigenvalue weighted by Gasteiger charge is -2.10. The third-order valence-corrected chi connectivity index (χ3v) is 1.45. The van der Waals surface area contributed by atoms with Gasteiger partial charge in [0.25, 0.3) is 0 Å². The van der Waals surface area contributed by atoms with Crippen LogP contribution in [0.1, 0.15) is 19.8 Å². The average molecular weight is 130 g/mol. The summed E-state index contributed by atoms with van der Waals surface area (Å²) in [6.45, 7) is 1.63. The monoisotopic (exact) mass is 130 g/mol. The Kier molecular flexibility index (Phi) is 1.71. The van der Waals surface area contributed by atoms with Gasteiger partial charge in [-0.25, -0.2) is 0 Å². The fraction of sp³-hybridized carbons (Fsp3) is 0.833. The summed E-state index contributed by atoms with van der Waals surface area (Å²) < 4.78 is 4.73. The minimum absolute atomic E-state index is 0.194. The molecule has 0 saturated carbocycles. The van der Waals surface area contributed by atoms with Gasteiger partial charge in [-0.15, -0.1) is 0 Å². The van der Waals surface area contributed by atoms with Crippen LogP contribution in [0.25, 0.3) is 0 Å². The number of hydrogen-bond acceptors (Lipinski definition) is 3. The van der Waals surface area contributed by atoms with Crippen LogP contribution in [0.5, 0.6) is 0 Å². The Bertz CT molecular complexity index is 119. The molecule has 2 atom stereocenters. The zero-order valence-electron chi connectivity index (χ0n) is 5.33. The van der Waals surface area contributed by atoms with Gasteiger partial charge >= 0.3 is 5.97 Å². The van der Waals surface area contributed by atoms with Crippen molar-refractivity contribution in [2.24, 2.45) is 0 Å². The molecule has 0 bridgehead atoms. The normalized spacial score (nSPS) is 30.0. The molecule has 0 radical (unpaired) electrons. The van der Waals surface area contributed by atoms with E-state index in [4.69, 9.17) is 9.84 Å². The first-order chi connectivity index (χ1) is 4.20. The minimum atomic E-state index is -0.517. The Labute approximate surface area is 53.6 Å². The number of cyclic esters (lactones) is 1. The largest absolute Gasteiger partial charge is 0.460 e. The molecule has 0 spiro atoms. The van der Waals surface area contributed by atoms with E-state index in [1.165, 1.54) is 0 Å². The highest BCUT2D eigenvalue weighted by molar-refractivity contribution is 5.71. The van der Waals surface area contributed by atoms with Crippen molar-refractivity contribution < 1.29 is 14.6 Å². The SMILES string of the molecule is CC(O)C1CCC(=O)O1. The molecule has 9 heavy (non-hydrogen) atoms. The molecule has 0 aromatic rings. The van der Waals surface area contributed by atoms with E-state index in [-0.39, 0.29) is 12.1 Å². The zero-order valence-corrected chi connectivity index (χ0v) is 5.33. The maximum Gasteiger partial charge on any atom is 0.306 e. The minimum Gasteiger partial charge on any atom is -0.460 e. The number of carbonyl (C=O) groups excluding carboxylic acids is 1. The van der Waals surface area contributed by atoms with Gasteiger partial charge in [0, 0.05) is 6.42 Å². The summed E-state index contributed by atoms with van der Waals surface area (Å²) in [5, 5.41) is 8.89. The molecule has 2 unspecified atom stereocenters. The molecule has 1 saturated heterocycles. The van der Waals surface area contributed by atoms with Gasteiger partial charge in [0.2, 0.25) is 0 Å². The van der Waals surface area contributed by atoms with Gasteiger partial charge in [-0.1, -0.05) is 0 Å². The molecule has 3 heteroatoms. The number of ether oxygens (including phenoxy) is 1. The fourth-order valence-electron chi connectivity index (χ4n) is 0.886. The summed E-state index contributed by atoms with van der Waals surface area (Å²) in [6.07, 6.45) is 0.348. The second kappa shape index (κ2) is 2.35. The van der Waals surface area contributed by atoms with E-state index in [1.807, 2.05) is 0 Å². The summed E-state index contributed by atoms with van der Waals surface area (Å²) in [6, 6.07) is 0. The molecule has 1 N–H and O–H groups in total. The van der Waals surface area contributed by atoms with Crippen molar-refractivity contribution in [1.29, 1.82) is 0 Å². The van der Waals surface area contributed by atoms with Crippen LogP contribution in [0.15, 0.2) is 0 Å². The van der Waals surface area contributed by atoms with Gasteiger partial charge in [-0.3, -0.25) is 4.79 Å². The van der Waals surface area contributed by atoms with E-state index in [0.717, 1.165) is 0 Å². The Balaban J connectivity index is 2.39. The van der Waals surface area contributed by atoms with Crippen LogP contribution < -0.4 is 0 Å². The highest BCUT2D eigenvalue weighted by Gasteiger charge is 2.26. The Morgan fingerprint density at radius 1 is 1.89 bits per heavy atom. The molecule has 1 rings (SSSR count). The summed E-state index contributed by atoms with van der Waals surface area (Å²) in [4.78, 5) is 10.4. The Morgan fingerprint density at radius 2 is 2.56 bits per heavy atom. The predicted octanol–water partition coefficient (Wildman–Crippen LogP) is 0.0728. The smallest absolute Gasteiger partial charge is 0.306 e. The number of aliphatic hydroxyl groups excluding tert-OH is 1. The summed E-state index contributed by atoms with van der Waals surface area (Å²) in [5.41, 5.74) is 0. The first-order valence-corrected chi connectivity index (χ1v) is 3.07. The maximum absolute atomic E-state index is 10.4. The third kappa shape index (κ3) is 1.42. The van der Waals surface area contributed by atoms with Gasteiger partial charge in [-0.2, -0.15) is 0 Å². The predicted molar refractivity (Wildman–Crippen MR) is 30.8 cm³/mol. The molecule has 0 amide bonds. The van der Waals surface area contributed by atoms with E-state index in [9.17, 15) is 4.79 Å². The van der Waals surface area contributed by atoms with Crippen molar-refractivity contribution in [2.75, 3.05) is 0 Å². The first kappa shape index (κ1) is 6.55. The third-order valence-electron chi connectivity index (χ3n) is 1.45. The van der Waals surface area contributed by atoms with Crippen LogP contribution in [-0.4, -0.2) is 23.3 Å². The molecule has 3 nitrogen and oxygen atoms in total. The zero-order chi connectivity index (χ0) is 6.85. The van der Waals surface area contributed by atoms with Crippen LogP contribution in [0.3, 0.4) is 0 Å². The lowest BCUT2D eigenvalue weighted by molar-refractivity contribution is -0.144. The van der Waals surface area contributed by atoms with Gasteiger partial charge in [0.05, 0.1) is 6.10 Å². The topological polar surface area (TPSA) is 46.5 Å². The Hall–Kier alpha value is -0.570. The number of esters is 1. The summed E-state index contributed by atoms with van der Waals surface area (Å²) >= 11 is 0. The van der Waals surface area contributed by atoms with E-state index >= 15 is 0 Å². The molecule has 0 aromatic carbocycles. The van der Waals surface area contributed by atoms with Crippen LogP contribution in [-0.2, 0) is 9.53 Å². The average Bonchev–Trinajstić information content (AvgIpc) is 2.14. The molecule has 1 fully saturated rings. The van der Waals surface area contributed by atoms with Crippen molar-refractivity contribution in [3.8, 4) is 0 Å². The van der Waals surface area contributed by atoms with Crippen LogP contribution in [0.2, 0.25) is 0 Å². The van der Waals surface area contributed by atoms with Crippen molar-refractivity contribution >= 4 is 5.97 Å². The summed E-state index contributed by atoms with van der Waals surface area (Å²) in [5.74, 6) is -0.194. The van der Waals surface area contributed by atoms with Crippen molar-refractivity contribution in [3.05, 3.63) is 0 Å². The van der Waals surface area contributed by atoms with Crippen molar-refractivity contribution in [1.82, 2.24) is 0 Å². The standard InChI is InChI=1S/C6H10O3/c1-4(7)5-2-3-6(8)9-5/h4-5,7H,2-3H2,1H3. The second-order valence-electron chi connectivity index (χ2n) is 2.31. The lowest BCUT2D eigenvalue weighted by Crippen LogP contribution is -2.21. The Morgan fingerprint density at radius 3 is 2.78 bits per heavy atom. The molecule has 1 aliphatic rings. The molecule has 1 aliphatic heterocycles.